The van der Waals surface area contributed by atoms with E-state index in [0.717, 1.165) is 29.3 Å². The molecule has 1 aromatic heterocycles. The number of amides is 2. The summed E-state index contributed by atoms with van der Waals surface area (Å²) in [6.45, 7) is 0. The van der Waals surface area contributed by atoms with Crippen LogP contribution in [-0.4, -0.2) is 17.1 Å². The van der Waals surface area contributed by atoms with E-state index in [4.69, 9.17) is 0 Å². The molecule has 0 spiro atoms. The summed E-state index contributed by atoms with van der Waals surface area (Å²) in [7, 11) is 0. The quantitative estimate of drug-likeness (QED) is 0.816. The van der Waals surface area contributed by atoms with Crippen molar-refractivity contribution in [2.45, 2.75) is 44.6 Å². The molecule has 2 amide bonds. The molecule has 0 radical (unpaired) electrons. The number of fused-ring (bicyclic) bond motifs is 1. The number of aromatic nitrogens is 1. The molecule has 1 aliphatic carbocycles. The van der Waals surface area contributed by atoms with Crippen LogP contribution in [0.5, 0.6) is 0 Å². The Hall–Kier alpha value is -2.10. The Morgan fingerprint density at radius 3 is 2.67 bits per heavy atom. The Labute approximate surface area is 125 Å². The van der Waals surface area contributed by atoms with Crippen LogP contribution in [0.1, 0.15) is 38.5 Å². The minimum Gasteiger partial charge on any atom is -0.335 e. The molecule has 1 aromatic carbocycles. The number of anilines is 1. The van der Waals surface area contributed by atoms with Gasteiger partial charge >= 0.3 is 6.03 Å². The molecule has 0 bridgehead atoms. The van der Waals surface area contributed by atoms with Crippen LogP contribution in [0, 0.1) is 0 Å². The zero-order valence-corrected chi connectivity index (χ0v) is 12.1. The second kappa shape index (κ2) is 6.57. The number of carbonyl (C=O) groups excluding carboxylic acids is 1. The van der Waals surface area contributed by atoms with E-state index in [9.17, 15) is 4.79 Å². The van der Waals surface area contributed by atoms with Gasteiger partial charge in [-0.2, -0.15) is 0 Å². The van der Waals surface area contributed by atoms with Gasteiger partial charge in [-0.15, -0.1) is 0 Å². The topological polar surface area (TPSA) is 54.0 Å². The molecule has 1 fully saturated rings. The van der Waals surface area contributed by atoms with Crippen LogP contribution in [0.25, 0.3) is 10.8 Å². The van der Waals surface area contributed by atoms with Gasteiger partial charge in [0.05, 0.1) is 0 Å². The van der Waals surface area contributed by atoms with Gasteiger partial charge in [-0.25, -0.2) is 4.79 Å². The number of hydrogen-bond donors (Lipinski definition) is 2. The number of benzene rings is 1. The second-order valence-corrected chi connectivity index (χ2v) is 5.72. The fourth-order valence-electron chi connectivity index (χ4n) is 2.94. The Kier molecular flexibility index (Phi) is 4.34. The SMILES string of the molecule is O=C(Nc1ccc2ccncc2c1)NC1CCCCCC1. The lowest BCUT2D eigenvalue weighted by atomic mass is 10.1. The van der Waals surface area contributed by atoms with Gasteiger partial charge in [-0.3, -0.25) is 4.98 Å². The summed E-state index contributed by atoms with van der Waals surface area (Å²) >= 11 is 0. The number of urea groups is 1. The summed E-state index contributed by atoms with van der Waals surface area (Å²) in [4.78, 5) is 16.2. The number of pyridine rings is 1. The average Bonchev–Trinajstić information content (AvgIpc) is 2.75. The van der Waals surface area contributed by atoms with Crippen molar-refractivity contribution in [1.82, 2.24) is 10.3 Å². The van der Waals surface area contributed by atoms with Crippen molar-refractivity contribution < 1.29 is 4.79 Å². The molecule has 3 rings (SSSR count). The van der Waals surface area contributed by atoms with E-state index in [-0.39, 0.29) is 6.03 Å². The first-order valence-electron chi connectivity index (χ1n) is 7.72. The smallest absolute Gasteiger partial charge is 0.319 e. The van der Waals surface area contributed by atoms with Crippen LogP contribution >= 0.6 is 0 Å². The van der Waals surface area contributed by atoms with Crippen molar-refractivity contribution in [3.8, 4) is 0 Å². The Bertz CT molecular complexity index is 618. The summed E-state index contributed by atoms with van der Waals surface area (Å²) in [6, 6.07) is 8.05. The van der Waals surface area contributed by atoms with Gasteiger partial charge in [-0.05, 0) is 36.4 Å². The van der Waals surface area contributed by atoms with E-state index >= 15 is 0 Å². The highest BCUT2D eigenvalue weighted by Gasteiger charge is 2.14. The molecule has 0 atom stereocenters. The lowest BCUT2D eigenvalue weighted by Gasteiger charge is -2.16. The van der Waals surface area contributed by atoms with E-state index in [1.807, 2.05) is 30.5 Å². The van der Waals surface area contributed by atoms with Gasteiger partial charge in [0.1, 0.15) is 0 Å². The van der Waals surface area contributed by atoms with Crippen LogP contribution in [0.15, 0.2) is 36.7 Å². The van der Waals surface area contributed by atoms with Crippen molar-refractivity contribution in [3.63, 3.8) is 0 Å². The van der Waals surface area contributed by atoms with Crippen LogP contribution < -0.4 is 10.6 Å². The van der Waals surface area contributed by atoms with Crippen molar-refractivity contribution in [2.75, 3.05) is 5.32 Å². The molecule has 0 unspecified atom stereocenters. The molecule has 0 saturated heterocycles. The third kappa shape index (κ3) is 3.72. The molecule has 110 valence electrons. The Morgan fingerprint density at radius 2 is 1.86 bits per heavy atom. The van der Waals surface area contributed by atoms with E-state index in [2.05, 4.69) is 15.6 Å². The Morgan fingerprint density at radius 1 is 1.05 bits per heavy atom. The lowest BCUT2D eigenvalue weighted by Crippen LogP contribution is -2.37. The zero-order chi connectivity index (χ0) is 14.5. The predicted octanol–water partition coefficient (Wildman–Crippen LogP) is 4.08. The normalized spacial score (nSPS) is 16.4. The molecule has 21 heavy (non-hydrogen) atoms. The average molecular weight is 283 g/mol. The Balaban J connectivity index is 1.62. The molecule has 2 N–H and O–H groups in total. The van der Waals surface area contributed by atoms with Gasteiger partial charge in [0, 0.05) is 29.5 Å². The molecule has 0 aliphatic heterocycles. The van der Waals surface area contributed by atoms with Gasteiger partial charge < -0.3 is 10.6 Å². The minimum absolute atomic E-state index is 0.106. The van der Waals surface area contributed by atoms with Gasteiger partial charge in [0.2, 0.25) is 0 Å². The van der Waals surface area contributed by atoms with E-state index in [0.29, 0.717) is 6.04 Å². The van der Waals surface area contributed by atoms with Crippen molar-refractivity contribution >= 4 is 22.5 Å². The van der Waals surface area contributed by atoms with Gasteiger partial charge in [0.25, 0.3) is 0 Å². The zero-order valence-electron chi connectivity index (χ0n) is 12.1. The summed E-state index contributed by atoms with van der Waals surface area (Å²) in [6.07, 6.45) is 10.8. The minimum atomic E-state index is -0.106. The molecule has 1 saturated carbocycles. The highest BCUT2D eigenvalue weighted by atomic mass is 16.2. The highest BCUT2D eigenvalue weighted by molar-refractivity contribution is 5.93. The van der Waals surface area contributed by atoms with Gasteiger partial charge in [-0.1, -0.05) is 31.7 Å². The monoisotopic (exact) mass is 283 g/mol. The third-order valence-corrected chi connectivity index (χ3v) is 4.09. The standard InChI is InChI=1S/C17H21N3O/c21-17(19-15-5-3-1-2-4-6-15)20-16-8-7-13-9-10-18-12-14(13)11-16/h7-12,15H,1-6H2,(H2,19,20,21). The number of nitrogens with zero attached hydrogens (tertiary/aromatic N) is 1. The van der Waals surface area contributed by atoms with E-state index < -0.39 is 0 Å². The number of rotatable bonds is 2. The third-order valence-electron chi connectivity index (χ3n) is 4.09. The molecular weight excluding hydrogens is 262 g/mol. The second-order valence-electron chi connectivity index (χ2n) is 5.72. The molecular formula is C17H21N3O. The van der Waals surface area contributed by atoms with E-state index in [1.165, 1.54) is 25.7 Å². The fourth-order valence-corrected chi connectivity index (χ4v) is 2.94. The summed E-state index contributed by atoms with van der Waals surface area (Å²) in [5, 5.41) is 8.17. The first kappa shape index (κ1) is 13.9. The molecule has 2 aromatic rings. The van der Waals surface area contributed by atoms with Gasteiger partial charge in [0.15, 0.2) is 0 Å². The maximum atomic E-state index is 12.1. The van der Waals surface area contributed by atoms with Crippen LogP contribution in [-0.2, 0) is 0 Å². The molecule has 4 heteroatoms. The molecule has 1 aliphatic rings. The number of hydrogen-bond acceptors (Lipinski definition) is 2. The molecule has 1 heterocycles. The summed E-state index contributed by atoms with van der Waals surface area (Å²) in [5.41, 5.74) is 0.807. The maximum absolute atomic E-state index is 12.1. The van der Waals surface area contributed by atoms with Crippen molar-refractivity contribution in [1.29, 1.82) is 0 Å². The summed E-state index contributed by atoms with van der Waals surface area (Å²) in [5.74, 6) is 0. The fraction of sp³-hybridized carbons (Fsp3) is 0.412. The van der Waals surface area contributed by atoms with Crippen molar-refractivity contribution in [2.24, 2.45) is 0 Å². The lowest BCUT2D eigenvalue weighted by molar-refractivity contribution is 0.247. The summed E-state index contributed by atoms with van der Waals surface area (Å²) < 4.78 is 0. The molecule has 4 nitrogen and oxygen atoms in total. The number of nitrogens with one attached hydrogen (secondary N) is 2. The number of carbonyl (C=O) groups is 1. The van der Waals surface area contributed by atoms with E-state index in [1.54, 1.807) is 6.20 Å². The first-order chi connectivity index (χ1) is 10.3. The maximum Gasteiger partial charge on any atom is 0.319 e. The highest BCUT2D eigenvalue weighted by Crippen LogP contribution is 2.19. The largest absolute Gasteiger partial charge is 0.335 e. The van der Waals surface area contributed by atoms with Crippen LogP contribution in [0.3, 0.4) is 0 Å². The first-order valence-corrected chi connectivity index (χ1v) is 7.72. The predicted molar refractivity (Wildman–Crippen MR) is 85.4 cm³/mol. The van der Waals surface area contributed by atoms with Crippen molar-refractivity contribution in [3.05, 3.63) is 36.7 Å². The van der Waals surface area contributed by atoms with Crippen LogP contribution in [0.4, 0.5) is 10.5 Å². The van der Waals surface area contributed by atoms with Crippen LogP contribution in [0.2, 0.25) is 0 Å².